The van der Waals surface area contributed by atoms with Crippen molar-refractivity contribution in [3.63, 3.8) is 0 Å². The van der Waals surface area contributed by atoms with Gasteiger partial charge in [0.25, 0.3) is 5.56 Å². The van der Waals surface area contributed by atoms with E-state index in [0.717, 1.165) is 27.3 Å². The predicted octanol–water partition coefficient (Wildman–Crippen LogP) is 4.17. The second-order valence-corrected chi connectivity index (χ2v) is 9.22. The Kier molecular flexibility index (Phi) is 5.81. The van der Waals surface area contributed by atoms with Gasteiger partial charge in [-0.2, -0.15) is 5.10 Å². The van der Waals surface area contributed by atoms with E-state index >= 15 is 0 Å². The van der Waals surface area contributed by atoms with Crippen molar-refractivity contribution in [2.75, 3.05) is 0 Å². The van der Waals surface area contributed by atoms with Gasteiger partial charge < -0.3 is 5.32 Å². The Morgan fingerprint density at radius 2 is 1.82 bits per heavy atom. The van der Waals surface area contributed by atoms with Crippen molar-refractivity contribution in [2.45, 2.75) is 26.4 Å². The van der Waals surface area contributed by atoms with Crippen LogP contribution in [0.3, 0.4) is 0 Å². The van der Waals surface area contributed by atoms with E-state index in [1.54, 1.807) is 16.0 Å². The topological polar surface area (TPSA) is 81.8 Å². The summed E-state index contributed by atoms with van der Waals surface area (Å²) in [5.41, 5.74) is 4.19. The molecule has 3 aromatic heterocycles. The molecule has 0 aliphatic carbocycles. The lowest BCUT2D eigenvalue weighted by atomic mass is 10.1. The van der Waals surface area contributed by atoms with Crippen molar-refractivity contribution < 1.29 is 4.79 Å². The molecule has 3 heterocycles. The van der Waals surface area contributed by atoms with Crippen molar-refractivity contribution in [3.8, 4) is 5.69 Å². The molecule has 5 rings (SSSR count). The fourth-order valence-corrected chi connectivity index (χ4v) is 4.91. The van der Waals surface area contributed by atoms with Crippen LogP contribution in [-0.4, -0.2) is 25.2 Å². The lowest BCUT2D eigenvalue weighted by molar-refractivity contribution is -0.122. The Bertz CT molecular complexity index is 1500. The van der Waals surface area contributed by atoms with E-state index in [-0.39, 0.29) is 24.1 Å². The maximum Gasteiger partial charge on any atom is 0.264 e. The SMILES string of the molecule is Cc1cc(C)cc(-n2ncc3c(=O)n(CC(=O)NC(c4ccccc4)c4cccs4)cnc32)c1. The molecule has 8 heteroatoms. The van der Waals surface area contributed by atoms with Crippen LogP contribution in [-0.2, 0) is 11.3 Å². The first-order chi connectivity index (χ1) is 16.5. The summed E-state index contributed by atoms with van der Waals surface area (Å²) in [5, 5.41) is 9.81. The largest absolute Gasteiger partial charge is 0.343 e. The summed E-state index contributed by atoms with van der Waals surface area (Å²) in [4.78, 5) is 31.6. The van der Waals surface area contributed by atoms with Gasteiger partial charge in [-0.15, -0.1) is 11.3 Å². The molecule has 0 aliphatic rings. The molecule has 0 aliphatic heterocycles. The molecule has 0 saturated heterocycles. The minimum Gasteiger partial charge on any atom is -0.343 e. The molecule has 5 aromatic rings. The van der Waals surface area contributed by atoms with Crippen molar-refractivity contribution in [1.82, 2.24) is 24.6 Å². The van der Waals surface area contributed by atoms with Gasteiger partial charge in [-0.05, 0) is 54.1 Å². The molecular formula is C26H23N5O2S. The lowest BCUT2D eigenvalue weighted by Crippen LogP contribution is -2.35. The summed E-state index contributed by atoms with van der Waals surface area (Å²) in [6.07, 6.45) is 2.92. The number of fused-ring (bicyclic) bond motifs is 1. The van der Waals surface area contributed by atoms with E-state index in [1.807, 2.05) is 73.8 Å². The smallest absolute Gasteiger partial charge is 0.264 e. The molecule has 0 fully saturated rings. The highest BCUT2D eigenvalue weighted by molar-refractivity contribution is 7.10. The normalized spacial score (nSPS) is 12.1. The second kappa shape index (κ2) is 9.07. The van der Waals surface area contributed by atoms with Crippen LogP contribution in [0.5, 0.6) is 0 Å². The molecule has 1 atom stereocenters. The summed E-state index contributed by atoms with van der Waals surface area (Å²) >= 11 is 1.58. The lowest BCUT2D eigenvalue weighted by Gasteiger charge is -2.18. The zero-order valence-corrected chi connectivity index (χ0v) is 19.6. The molecule has 0 spiro atoms. The summed E-state index contributed by atoms with van der Waals surface area (Å²) in [6.45, 7) is 3.89. The zero-order valence-electron chi connectivity index (χ0n) is 18.8. The number of amides is 1. The fraction of sp³-hybridized carbons (Fsp3) is 0.154. The van der Waals surface area contributed by atoms with Gasteiger partial charge in [0.15, 0.2) is 5.65 Å². The van der Waals surface area contributed by atoms with Gasteiger partial charge in [-0.1, -0.05) is 42.5 Å². The number of rotatable bonds is 6. The van der Waals surface area contributed by atoms with Crippen molar-refractivity contribution in [2.24, 2.45) is 0 Å². The quantitative estimate of drug-likeness (QED) is 0.405. The maximum absolute atomic E-state index is 13.1. The van der Waals surface area contributed by atoms with Gasteiger partial charge in [-0.25, -0.2) is 9.67 Å². The van der Waals surface area contributed by atoms with Crippen LogP contribution >= 0.6 is 11.3 Å². The molecule has 7 nitrogen and oxygen atoms in total. The summed E-state index contributed by atoms with van der Waals surface area (Å²) in [5.74, 6) is -0.271. The van der Waals surface area contributed by atoms with Gasteiger partial charge in [0.2, 0.25) is 5.91 Å². The Labute approximate surface area is 200 Å². The van der Waals surface area contributed by atoms with E-state index in [2.05, 4.69) is 21.5 Å². The summed E-state index contributed by atoms with van der Waals surface area (Å²) < 4.78 is 2.98. The minimum atomic E-state index is -0.303. The van der Waals surface area contributed by atoms with Crippen molar-refractivity contribution in [3.05, 3.63) is 110 Å². The molecule has 0 radical (unpaired) electrons. The van der Waals surface area contributed by atoms with E-state index < -0.39 is 0 Å². The summed E-state index contributed by atoms with van der Waals surface area (Å²) in [6, 6.07) is 19.5. The average molecular weight is 470 g/mol. The van der Waals surface area contributed by atoms with Crippen LogP contribution in [0.25, 0.3) is 16.7 Å². The highest BCUT2D eigenvalue weighted by Gasteiger charge is 2.19. The predicted molar refractivity (Wildman–Crippen MR) is 133 cm³/mol. The Balaban J connectivity index is 1.42. The van der Waals surface area contributed by atoms with E-state index in [4.69, 9.17) is 0 Å². The van der Waals surface area contributed by atoms with Crippen LogP contribution < -0.4 is 10.9 Å². The van der Waals surface area contributed by atoms with Gasteiger partial charge in [0.05, 0.1) is 17.9 Å². The number of hydrogen-bond donors (Lipinski definition) is 1. The number of nitrogens with one attached hydrogen (secondary N) is 1. The third-order valence-electron chi connectivity index (χ3n) is 5.59. The number of aryl methyl sites for hydroxylation is 2. The van der Waals surface area contributed by atoms with Crippen molar-refractivity contribution in [1.29, 1.82) is 0 Å². The Morgan fingerprint density at radius 3 is 2.53 bits per heavy atom. The first-order valence-electron chi connectivity index (χ1n) is 10.9. The molecule has 2 aromatic carbocycles. The van der Waals surface area contributed by atoms with Crippen LogP contribution in [0, 0.1) is 13.8 Å². The van der Waals surface area contributed by atoms with E-state index in [0.29, 0.717) is 11.0 Å². The Morgan fingerprint density at radius 1 is 1.06 bits per heavy atom. The van der Waals surface area contributed by atoms with Crippen LogP contribution in [0.1, 0.15) is 27.6 Å². The molecular weight excluding hydrogens is 446 g/mol. The monoisotopic (exact) mass is 469 g/mol. The van der Waals surface area contributed by atoms with Gasteiger partial charge in [-0.3, -0.25) is 14.2 Å². The molecule has 34 heavy (non-hydrogen) atoms. The molecule has 1 unspecified atom stereocenters. The standard InChI is InChI=1S/C26H23N5O2S/c1-17-11-18(2)13-20(12-17)31-25-21(14-28-31)26(33)30(16-27-25)15-23(32)29-24(22-9-6-10-34-22)19-7-4-3-5-8-19/h3-14,16,24H,15H2,1-2H3,(H,29,32). The number of aromatic nitrogens is 4. The molecule has 0 bridgehead atoms. The Hall–Kier alpha value is -4.04. The zero-order chi connectivity index (χ0) is 23.7. The molecule has 0 saturated carbocycles. The van der Waals surface area contributed by atoms with Crippen LogP contribution in [0.4, 0.5) is 0 Å². The number of hydrogen-bond acceptors (Lipinski definition) is 5. The number of carbonyl (C=O) groups is 1. The number of thiophene rings is 1. The first-order valence-corrected chi connectivity index (χ1v) is 11.8. The fourth-order valence-electron chi connectivity index (χ4n) is 4.10. The average Bonchev–Trinajstić information content (AvgIpc) is 3.50. The molecule has 170 valence electrons. The number of nitrogens with zero attached hydrogens (tertiary/aromatic N) is 4. The minimum absolute atomic E-state index is 0.134. The van der Waals surface area contributed by atoms with Gasteiger partial charge >= 0.3 is 0 Å². The van der Waals surface area contributed by atoms with Crippen molar-refractivity contribution >= 4 is 28.3 Å². The number of carbonyl (C=O) groups excluding carboxylic acids is 1. The third kappa shape index (κ3) is 4.27. The van der Waals surface area contributed by atoms with Gasteiger partial charge in [0.1, 0.15) is 18.3 Å². The van der Waals surface area contributed by atoms with Crippen LogP contribution in [0.2, 0.25) is 0 Å². The van der Waals surface area contributed by atoms with Crippen LogP contribution in [0.15, 0.2) is 83.4 Å². The maximum atomic E-state index is 13.1. The number of benzene rings is 2. The highest BCUT2D eigenvalue weighted by atomic mass is 32.1. The van der Waals surface area contributed by atoms with E-state index in [1.165, 1.54) is 17.1 Å². The molecule has 1 amide bonds. The van der Waals surface area contributed by atoms with Gasteiger partial charge in [0, 0.05) is 4.88 Å². The third-order valence-corrected chi connectivity index (χ3v) is 6.52. The summed E-state index contributed by atoms with van der Waals surface area (Å²) in [7, 11) is 0. The second-order valence-electron chi connectivity index (χ2n) is 8.24. The molecule has 1 N–H and O–H groups in total. The highest BCUT2D eigenvalue weighted by Crippen LogP contribution is 2.26. The first kappa shape index (κ1) is 21.8. The van der Waals surface area contributed by atoms with E-state index in [9.17, 15) is 9.59 Å².